The van der Waals surface area contributed by atoms with Crippen LogP contribution in [0.5, 0.6) is 0 Å². The Balaban J connectivity index is 2.52. The molecule has 0 aromatic rings. The Kier molecular flexibility index (Phi) is 3.57. The Labute approximate surface area is 92.6 Å². The predicted octanol–water partition coefficient (Wildman–Crippen LogP) is 2.27. The number of Topliss-reactive ketones (excluding diaryl/α,β-unsaturated/α-hetero) is 1. The van der Waals surface area contributed by atoms with Gasteiger partial charge < -0.3 is 5.73 Å². The standard InChI is InChI=1S/C13H21NO/c1-12(2,3)8-6-7-11(15)13(14)9-4-5-10-13/h4-5,7,9-10,14H2,1-3H3. The summed E-state index contributed by atoms with van der Waals surface area (Å²) in [4.78, 5) is 11.8. The van der Waals surface area contributed by atoms with Crippen LogP contribution in [0.4, 0.5) is 0 Å². The zero-order chi connectivity index (χ0) is 11.5. The third-order valence-electron chi connectivity index (χ3n) is 2.76. The second-order valence-corrected chi connectivity index (χ2v) is 5.51. The smallest absolute Gasteiger partial charge is 0.164 e. The maximum absolute atomic E-state index is 11.8. The van der Waals surface area contributed by atoms with Crippen LogP contribution >= 0.6 is 0 Å². The second-order valence-electron chi connectivity index (χ2n) is 5.51. The van der Waals surface area contributed by atoms with Crippen LogP contribution in [0.1, 0.15) is 52.9 Å². The minimum absolute atomic E-state index is 0.0300. The summed E-state index contributed by atoms with van der Waals surface area (Å²) >= 11 is 0. The molecule has 2 heteroatoms. The van der Waals surface area contributed by atoms with Crippen molar-refractivity contribution in [1.29, 1.82) is 0 Å². The number of rotatable bonds is 2. The van der Waals surface area contributed by atoms with Gasteiger partial charge in [-0.2, -0.15) is 0 Å². The summed E-state index contributed by atoms with van der Waals surface area (Å²) in [5, 5.41) is 0. The fourth-order valence-corrected chi connectivity index (χ4v) is 1.85. The molecule has 0 aliphatic heterocycles. The van der Waals surface area contributed by atoms with Crippen LogP contribution in [-0.2, 0) is 4.79 Å². The van der Waals surface area contributed by atoms with Crippen LogP contribution in [0.3, 0.4) is 0 Å². The van der Waals surface area contributed by atoms with Crippen molar-refractivity contribution in [2.45, 2.75) is 58.4 Å². The van der Waals surface area contributed by atoms with E-state index in [9.17, 15) is 4.79 Å². The molecule has 0 bridgehead atoms. The average Bonchev–Trinajstić information content (AvgIpc) is 2.51. The van der Waals surface area contributed by atoms with Gasteiger partial charge in [-0.25, -0.2) is 0 Å². The maximum Gasteiger partial charge on any atom is 0.164 e. The first-order valence-corrected chi connectivity index (χ1v) is 5.66. The summed E-state index contributed by atoms with van der Waals surface area (Å²) < 4.78 is 0. The SMILES string of the molecule is CC(C)(C)C#CCC(=O)C1(N)CCCC1. The minimum Gasteiger partial charge on any atom is -0.319 e. The third kappa shape index (κ3) is 3.68. The van der Waals surface area contributed by atoms with Gasteiger partial charge in [0.05, 0.1) is 12.0 Å². The maximum atomic E-state index is 11.8. The average molecular weight is 207 g/mol. The first kappa shape index (κ1) is 12.3. The van der Waals surface area contributed by atoms with Crippen LogP contribution in [0.25, 0.3) is 0 Å². The molecule has 0 saturated heterocycles. The van der Waals surface area contributed by atoms with E-state index in [2.05, 4.69) is 11.8 Å². The van der Waals surface area contributed by atoms with Gasteiger partial charge in [-0.1, -0.05) is 24.7 Å². The van der Waals surface area contributed by atoms with Crippen molar-refractivity contribution in [3.63, 3.8) is 0 Å². The van der Waals surface area contributed by atoms with Crippen LogP contribution in [0.2, 0.25) is 0 Å². The molecular weight excluding hydrogens is 186 g/mol. The van der Waals surface area contributed by atoms with Gasteiger partial charge in [-0.05, 0) is 33.6 Å². The molecule has 0 aromatic carbocycles. The third-order valence-corrected chi connectivity index (χ3v) is 2.76. The van der Waals surface area contributed by atoms with Crippen LogP contribution in [0.15, 0.2) is 0 Å². The van der Waals surface area contributed by atoms with Gasteiger partial charge in [-0.15, -0.1) is 0 Å². The molecule has 1 aliphatic rings. The van der Waals surface area contributed by atoms with Gasteiger partial charge >= 0.3 is 0 Å². The summed E-state index contributed by atoms with van der Waals surface area (Å²) in [5.74, 6) is 6.14. The molecule has 84 valence electrons. The highest BCUT2D eigenvalue weighted by molar-refractivity contribution is 5.90. The summed E-state index contributed by atoms with van der Waals surface area (Å²) in [6.45, 7) is 6.12. The molecule has 0 atom stereocenters. The first-order valence-electron chi connectivity index (χ1n) is 5.66. The lowest BCUT2D eigenvalue weighted by Gasteiger charge is -2.20. The van der Waals surface area contributed by atoms with Crippen molar-refractivity contribution < 1.29 is 4.79 Å². The van der Waals surface area contributed by atoms with Crippen LogP contribution in [-0.4, -0.2) is 11.3 Å². The van der Waals surface area contributed by atoms with E-state index in [0.717, 1.165) is 25.7 Å². The highest BCUT2D eigenvalue weighted by atomic mass is 16.1. The van der Waals surface area contributed by atoms with E-state index >= 15 is 0 Å². The molecule has 2 nitrogen and oxygen atoms in total. The summed E-state index contributed by atoms with van der Waals surface area (Å²) in [6, 6.07) is 0. The zero-order valence-electron chi connectivity index (χ0n) is 10.0. The van der Waals surface area contributed by atoms with Crippen LogP contribution in [0, 0.1) is 17.3 Å². The molecule has 0 heterocycles. The Hall–Kier alpha value is -0.810. The number of carbonyl (C=O) groups is 1. The van der Waals surface area contributed by atoms with E-state index in [-0.39, 0.29) is 11.2 Å². The highest BCUT2D eigenvalue weighted by Crippen LogP contribution is 2.28. The first-order chi connectivity index (χ1) is 6.83. The number of hydrogen-bond acceptors (Lipinski definition) is 2. The topological polar surface area (TPSA) is 43.1 Å². The van der Waals surface area contributed by atoms with Gasteiger partial charge in [0.15, 0.2) is 5.78 Å². The predicted molar refractivity (Wildman–Crippen MR) is 62.2 cm³/mol. The lowest BCUT2D eigenvalue weighted by molar-refractivity contribution is -0.123. The van der Waals surface area contributed by atoms with Gasteiger partial charge in [0, 0.05) is 5.41 Å². The Morgan fingerprint density at radius 2 is 1.87 bits per heavy atom. The summed E-state index contributed by atoms with van der Waals surface area (Å²) in [7, 11) is 0. The van der Waals surface area contributed by atoms with Crippen molar-refractivity contribution in [2.75, 3.05) is 0 Å². The monoisotopic (exact) mass is 207 g/mol. The Morgan fingerprint density at radius 3 is 2.33 bits per heavy atom. The molecule has 1 saturated carbocycles. The second kappa shape index (κ2) is 4.37. The van der Waals surface area contributed by atoms with Crippen molar-refractivity contribution >= 4 is 5.78 Å². The van der Waals surface area contributed by atoms with E-state index in [1.165, 1.54) is 0 Å². The molecule has 2 N–H and O–H groups in total. The number of carbonyl (C=O) groups excluding carboxylic acids is 1. The molecule has 0 radical (unpaired) electrons. The van der Waals surface area contributed by atoms with Gasteiger partial charge in [0.2, 0.25) is 0 Å². The van der Waals surface area contributed by atoms with Gasteiger partial charge in [-0.3, -0.25) is 4.79 Å². The molecule has 15 heavy (non-hydrogen) atoms. The van der Waals surface area contributed by atoms with E-state index in [1.54, 1.807) is 0 Å². The number of hydrogen-bond donors (Lipinski definition) is 1. The van der Waals surface area contributed by atoms with Crippen molar-refractivity contribution in [2.24, 2.45) is 11.1 Å². The van der Waals surface area contributed by atoms with Crippen LogP contribution < -0.4 is 5.73 Å². The lowest BCUT2D eigenvalue weighted by Crippen LogP contribution is -2.44. The van der Waals surface area contributed by atoms with Gasteiger partial charge in [0.1, 0.15) is 0 Å². The highest BCUT2D eigenvalue weighted by Gasteiger charge is 2.35. The van der Waals surface area contributed by atoms with Crippen molar-refractivity contribution in [3.05, 3.63) is 0 Å². The van der Waals surface area contributed by atoms with E-state index in [0.29, 0.717) is 6.42 Å². The quantitative estimate of drug-likeness (QED) is 0.706. The van der Waals surface area contributed by atoms with E-state index < -0.39 is 5.54 Å². The van der Waals surface area contributed by atoms with E-state index in [1.807, 2.05) is 20.8 Å². The molecular formula is C13H21NO. The van der Waals surface area contributed by atoms with Crippen molar-refractivity contribution in [3.8, 4) is 11.8 Å². The summed E-state index contributed by atoms with van der Waals surface area (Å²) in [5.41, 5.74) is 5.44. The largest absolute Gasteiger partial charge is 0.319 e. The summed E-state index contributed by atoms with van der Waals surface area (Å²) in [6.07, 6.45) is 4.14. The van der Waals surface area contributed by atoms with E-state index in [4.69, 9.17) is 5.73 Å². The Morgan fingerprint density at radius 1 is 1.33 bits per heavy atom. The minimum atomic E-state index is -0.563. The fourth-order valence-electron chi connectivity index (χ4n) is 1.85. The number of nitrogens with two attached hydrogens (primary N) is 1. The molecule has 1 fully saturated rings. The molecule has 0 aromatic heterocycles. The van der Waals surface area contributed by atoms with Crippen molar-refractivity contribution in [1.82, 2.24) is 0 Å². The van der Waals surface area contributed by atoms with Gasteiger partial charge in [0.25, 0.3) is 0 Å². The number of ketones is 1. The molecule has 0 unspecified atom stereocenters. The molecule has 0 amide bonds. The normalized spacial score (nSPS) is 19.5. The molecule has 1 rings (SSSR count). The Bertz CT molecular complexity index is 295. The fraction of sp³-hybridized carbons (Fsp3) is 0.769. The molecule has 0 spiro atoms. The lowest BCUT2D eigenvalue weighted by atomic mass is 9.91. The zero-order valence-corrected chi connectivity index (χ0v) is 10.0. The molecule has 1 aliphatic carbocycles.